The van der Waals surface area contributed by atoms with Crippen LogP contribution in [0, 0.1) is 0 Å². The zero-order valence-corrected chi connectivity index (χ0v) is 16.2. The second-order valence-electron chi connectivity index (χ2n) is 6.74. The number of ether oxygens (including phenoxy) is 1. The molecule has 1 atom stereocenters. The monoisotopic (exact) mass is 408 g/mol. The molecule has 0 amide bonds. The van der Waals surface area contributed by atoms with Crippen LogP contribution in [0.2, 0.25) is 0 Å². The normalized spacial score (nSPS) is 14.9. The average Bonchev–Trinajstić information content (AvgIpc) is 2.84. The van der Waals surface area contributed by atoms with Crippen LogP contribution in [-0.2, 0) is 12.8 Å². The maximum Gasteiger partial charge on any atom is 0.120 e. The molecule has 1 aliphatic rings. The number of benzene rings is 3. The molecule has 1 N–H and O–H groups in total. The highest BCUT2D eigenvalue weighted by atomic mass is 79.9. The summed E-state index contributed by atoms with van der Waals surface area (Å²) in [6.07, 6.45) is 1.35. The number of hydrogen-bond donors (Lipinski definition) is 1. The SMILES string of the molecule is COc1cc(Br)cc(C(O)C2c3ccccc3CCc3ccccc32)c1. The summed E-state index contributed by atoms with van der Waals surface area (Å²) in [6, 6.07) is 22.8. The topological polar surface area (TPSA) is 29.5 Å². The van der Waals surface area contributed by atoms with Gasteiger partial charge in [0.2, 0.25) is 0 Å². The lowest BCUT2D eigenvalue weighted by molar-refractivity contribution is 0.158. The number of aliphatic hydroxyl groups excluding tert-OH is 1. The van der Waals surface area contributed by atoms with Gasteiger partial charge in [-0.3, -0.25) is 0 Å². The van der Waals surface area contributed by atoms with Gasteiger partial charge < -0.3 is 9.84 Å². The number of halogens is 1. The first-order valence-corrected chi connectivity index (χ1v) is 9.65. The summed E-state index contributed by atoms with van der Waals surface area (Å²) in [5.41, 5.74) is 5.91. The fraction of sp³-hybridized carbons (Fsp3) is 0.217. The van der Waals surface area contributed by atoms with Crippen molar-refractivity contribution in [2.45, 2.75) is 24.9 Å². The third kappa shape index (κ3) is 3.17. The van der Waals surface area contributed by atoms with Crippen LogP contribution in [0.3, 0.4) is 0 Å². The van der Waals surface area contributed by atoms with E-state index >= 15 is 0 Å². The predicted molar refractivity (Wildman–Crippen MR) is 108 cm³/mol. The summed E-state index contributed by atoms with van der Waals surface area (Å²) in [7, 11) is 1.65. The summed E-state index contributed by atoms with van der Waals surface area (Å²) in [5.74, 6) is 0.646. The summed E-state index contributed by atoms with van der Waals surface area (Å²) < 4.78 is 6.30. The second-order valence-corrected chi connectivity index (χ2v) is 7.66. The minimum absolute atomic E-state index is 0.0936. The number of fused-ring (bicyclic) bond motifs is 2. The molecule has 132 valence electrons. The zero-order valence-electron chi connectivity index (χ0n) is 14.7. The molecule has 3 aromatic rings. The van der Waals surface area contributed by atoms with Gasteiger partial charge in [-0.1, -0.05) is 64.5 Å². The van der Waals surface area contributed by atoms with Gasteiger partial charge in [0.05, 0.1) is 13.2 Å². The smallest absolute Gasteiger partial charge is 0.120 e. The van der Waals surface area contributed by atoms with Crippen molar-refractivity contribution in [1.29, 1.82) is 0 Å². The van der Waals surface area contributed by atoms with Gasteiger partial charge in [0.25, 0.3) is 0 Å². The van der Waals surface area contributed by atoms with Crippen molar-refractivity contribution in [3.63, 3.8) is 0 Å². The molecule has 0 saturated carbocycles. The van der Waals surface area contributed by atoms with E-state index in [0.717, 1.165) is 28.6 Å². The molecule has 0 radical (unpaired) electrons. The number of aryl methyl sites for hydroxylation is 2. The molecule has 0 bridgehead atoms. The molecule has 0 aliphatic heterocycles. The van der Waals surface area contributed by atoms with Crippen LogP contribution in [0.25, 0.3) is 0 Å². The number of rotatable bonds is 3. The van der Waals surface area contributed by atoms with Gasteiger partial charge in [-0.2, -0.15) is 0 Å². The highest BCUT2D eigenvalue weighted by molar-refractivity contribution is 9.10. The van der Waals surface area contributed by atoms with Crippen molar-refractivity contribution in [1.82, 2.24) is 0 Å². The molecule has 1 aliphatic carbocycles. The van der Waals surface area contributed by atoms with E-state index in [4.69, 9.17) is 4.74 Å². The van der Waals surface area contributed by atoms with E-state index in [1.54, 1.807) is 7.11 Å². The van der Waals surface area contributed by atoms with Gasteiger partial charge in [-0.15, -0.1) is 0 Å². The van der Waals surface area contributed by atoms with Crippen LogP contribution in [-0.4, -0.2) is 12.2 Å². The minimum Gasteiger partial charge on any atom is -0.497 e. The molecule has 4 rings (SSSR count). The number of methoxy groups -OCH3 is 1. The van der Waals surface area contributed by atoms with Gasteiger partial charge in [0, 0.05) is 10.4 Å². The Morgan fingerprint density at radius 1 is 0.923 bits per heavy atom. The molecule has 0 saturated heterocycles. The fourth-order valence-electron chi connectivity index (χ4n) is 3.97. The molecule has 26 heavy (non-hydrogen) atoms. The Hall–Kier alpha value is -2.10. The Labute approximate surface area is 162 Å². The maximum absolute atomic E-state index is 11.4. The van der Waals surface area contributed by atoms with Crippen LogP contribution < -0.4 is 4.74 Å². The van der Waals surface area contributed by atoms with Crippen molar-refractivity contribution < 1.29 is 9.84 Å². The lowest BCUT2D eigenvalue weighted by atomic mass is 9.81. The van der Waals surface area contributed by atoms with Gasteiger partial charge in [-0.05, 0) is 58.9 Å². The first-order valence-electron chi connectivity index (χ1n) is 8.85. The summed E-state index contributed by atoms with van der Waals surface area (Å²) in [6.45, 7) is 0. The third-order valence-corrected chi connectivity index (χ3v) is 5.69. The molecule has 0 heterocycles. The summed E-state index contributed by atoms with van der Waals surface area (Å²) in [5, 5.41) is 11.4. The Balaban J connectivity index is 1.88. The molecular weight excluding hydrogens is 388 g/mol. The van der Waals surface area contributed by atoms with E-state index in [-0.39, 0.29) is 5.92 Å². The first kappa shape index (κ1) is 17.3. The zero-order chi connectivity index (χ0) is 18.1. The lowest BCUT2D eigenvalue weighted by Crippen LogP contribution is -2.14. The van der Waals surface area contributed by atoms with Crippen LogP contribution in [0.5, 0.6) is 5.75 Å². The lowest BCUT2D eigenvalue weighted by Gasteiger charge is -2.26. The quantitative estimate of drug-likeness (QED) is 0.626. The summed E-state index contributed by atoms with van der Waals surface area (Å²) in [4.78, 5) is 0. The Kier molecular flexibility index (Phi) is 4.84. The number of hydrogen-bond acceptors (Lipinski definition) is 2. The molecule has 1 unspecified atom stereocenters. The standard InChI is InChI=1S/C23H21BrO2/c1-26-19-13-17(12-18(24)14-19)23(25)22-20-8-4-2-6-15(20)10-11-16-7-3-5-9-21(16)22/h2-9,12-14,22-23,25H,10-11H2,1H3. The van der Waals surface area contributed by atoms with Crippen LogP contribution in [0.1, 0.15) is 39.8 Å². The third-order valence-electron chi connectivity index (χ3n) is 5.23. The van der Waals surface area contributed by atoms with Crippen molar-refractivity contribution in [2.75, 3.05) is 7.11 Å². The Morgan fingerprint density at radius 3 is 2.08 bits per heavy atom. The van der Waals surface area contributed by atoms with Crippen molar-refractivity contribution in [3.8, 4) is 5.75 Å². The van der Waals surface area contributed by atoms with E-state index in [9.17, 15) is 5.11 Å². The van der Waals surface area contributed by atoms with E-state index in [0.29, 0.717) is 0 Å². The van der Waals surface area contributed by atoms with Crippen molar-refractivity contribution in [3.05, 3.63) is 99.0 Å². The highest BCUT2D eigenvalue weighted by Gasteiger charge is 2.30. The second kappa shape index (κ2) is 7.26. The van der Waals surface area contributed by atoms with Gasteiger partial charge >= 0.3 is 0 Å². The van der Waals surface area contributed by atoms with Crippen LogP contribution >= 0.6 is 15.9 Å². The Morgan fingerprint density at radius 2 is 1.50 bits per heavy atom. The van der Waals surface area contributed by atoms with Gasteiger partial charge in [-0.25, -0.2) is 0 Å². The highest BCUT2D eigenvalue weighted by Crippen LogP contribution is 2.43. The van der Waals surface area contributed by atoms with E-state index in [2.05, 4.69) is 64.5 Å². The maximum atomic E-state index is 11.4. The predicted octanol–water partition coefficient (Wildman–Crippen LogP) is 5.42. The van der Waals surface area contributed by atoms with E-state index < -0.39 is 6.10 Å². The largest absolute Gasteiger partial charge is 0.497 e. The molecule has 0 fully saturated rings. The molecular formula is C23H21BrO2. The van der Waals surface area contributed by atoms with E-state index in [1.807, 2.05) is 18.2 Å². The van der Waals surface area contributed by atoms with Crippen molar-refractivity contribution >= 4 is 15.9 Å². The first-order chi connectivity index (χ1) is 12.7. The fourth-order valence-corrected chi connectivity index (χ4v) is 4.46. The minimum atomic E-state index is -0.651. The van der Waals surface area contributed by atoms with Crippen LogP contribution in [0.15, 0.2) is 71.2 Å². The molecule has 3 aromatic carbocycles. The van der Waals surface area contributed by atoms with E-state index in [1.165, 1.54) is 22.3 Å². The summed E-state index contributed by atoms with van der Waals surface area (Å²) >= 11 is 3.53. The van der Waals surface area contributed by atoms with Crippen LogP contribution in [0.4, 0.5) is 0 Å². The Bertz CT molecular complexity index is 887. The average molecular weight is 409 g/mol. The van der Waals surface area contributed by atoms with Crippen molar-refractivity contribution in [2.24, 2.45) is 0 Å². The molecule has 2 nitrogen and oxygen atoms in total. The molecule has 0 spiro atoms. The van der Waals surface area contributed by atoms with Gasteiger partial charge in [0.15, 0.2) is 0 Å². The van der Waals surface area contributed by atoms with Gasteiger partial charge in [0.1, 0.15) is 5.75 Å². The number of aliphatic hydroxyl groups is 1. The molecule has 3 heteroatoms. The molecule has 0 aromatic heterocycles.